The van der Waals surface area contributed by atoms with Gasteiger partial charge in [-0.2, -0.15) is 0 Å². The van der Waals surface area contributed by atoms with Gasteiger partial charge in [0.15, 0.2) is 7.14 Å². The Bertz CT molecular complexity index is 959. The number of aryl methyl sites for hydroxylation is 1. The van der Waals surface area contributed by atoms with Crippen molar-refractivity contribution < 1.29 is 34.7 Å². The van der Waals surface area contributed by atoms with Crippen molar-refractivity contribution in [3.8, 4) is 5.75 Å². The van der Waals surface area contributed by atoms with Gasteiger partial charge in [0, 0.05) is 17.2 Å². The van der Waals surface area contributed by atoms with Gasteiger partial charge >= 0.3 is 21.2 Å². The lowest BCUT2D eigenvalue weighted by Gasteiger charge is -2.18. The van der Waals surface area contributed by atoms with E-state index in [2.05, 4.69) is 58.0 Å². The summed E-state index contributed by atoms with van der Waals surface area (Å²) in [6, 6.07) is 18.4. The summed E-state index contributed by atoms with van der Waals surface area (Å²) in [5.74, 6) is -0.476. The fourth-order valence-electron chi connectivity index (χ4n) is 2.74. The van der Waals surface area contributed by atoms with E-state index in [1.807, 2.05) is 12.1 Å². The van der Waals surface area contributed by atoms with E-state index < -0.39 is 11.6 Å². The van der Waals surface area contributed by atoms with Crippen molar-refractivity contribution >= 4 is 0 Å². The third kappa shape index (κ3) is 5.31. The molecule has 0 saturated heterocycles. The highest BCUT2D eigenvalue weighted by molar-refractivity contribution is 5.28. The Morgan fingerprint density at radius 3 is 2.21 bits per heavy atom. The van der Waals surface area contributed by atoms with Crippen LogP contribution in [0.2, 0.25) is 0 Å². The molecular weight excluding hydrogens is 469 g/mol. The maximum atomic E-state index is 13.7. The van der Waals surface area contributed by atoms with Crippen LogP contribution in [-0.4, -0.2) is 0 Å². The van der Waals surface area contributed by atoms with E-state index in [9.17, 15) is 8.78 Å². The van der Waals surface area contributed by atoms with Crippen molar-refractivity contribution in [3.05, 3.63) is 96.1 Å². The molecule has 0 N–H and O–H groups in total. The van der Waals surface area contributed by atoms with Crippen molar-refractivity contribution in [1.82, 2.24) is 0 Å². The lowest BCUT2D eigenvalue weighted by atomic mass is 9.87. The predicted molar refractivity (Wildman–Crippen MR) is 104 cm³/mol. The Morgan fingerprint density at radius 1 is 0.893 bits per heavy atom. The minimum absolute atomic E-state index is 0.0776. The normalized spacial score (nSPS) is 11.5. The van der Waals surface area contributed by atoms with Gasteiger partial charge < -0.3 is 4.74 Å². The second kappa shape index (κ2) is 8.60. The van der Waals surface area contributed by atoms with Gasteiger partial charge in [-0.3, -0.25) is 0 Å². The van der Waals surface area contributed by atoms with Gasteiger partial charge in [-0.05, 0) is 60.4 Å². The predicted octanol–water partition coefficient (Wildman–Crippen LogP) is 3.28. The molecule has 0 bridgehead atoms. The molecule has 0 amide bonds. The van der Waals surface area contributed by atoms with Crippen LogP contribution < -0.4 is 25.9 Å². The van der Waals surface area contributed by atoms with Gasteiger partial charge in [0.2, 0.25) is 0 Å². The van der Waals surface area contributed by atoms with Crippen LogP contribution in [0.15, 0.2) is 60.7 Å². The molecule has 0 aliphatic rings. The molecule has 0 unspecified atom stereocenters. The molecule has 0 aliphatic heterocycles. The van der Waals surface area contributed by atoms with Crippen molar-refractivity contribution in [3.63, 3.8) is 0 Å². The largest absolute Gasteiger partial charge is 0.489 e. The Kier molecular flexibility index (Phi) is 6.38. The standard InChI is InChI=1S/C24H24F2IO/c1-16-13-21(28-15-17-5-8-19(25)14-22(17)26)11-12-23(16)27-20-9-6-18(7-10-20)24(2,3)4/h5-14H,15H2,1-4H3/q+1. The van der Waals surface area contributed by atoms with E-state index in [4.69, 9.17) is 4.74 Å². The molecule has 0 aliphatic carbocycles. The van der Waals surface area contributed by atoms with Crippen molar-refractivity contribution in [2.75, 3.05) is 0 Å². The molecule has 3 aromatic carbocycles. The second-order valence-electron chi connectivity index (χ2n) is 7.79. The first-order valence-electron chi connectivity index (χ1n) is 9.15. The third-order valence-corrected chi connectivity index (χ3v) is 7.59. The van der Waals surface area contributed by atoms with Crippen molar-refractivity contribution in [1.29, 1.82) is 0 Å². The summed E-state index contributed by atoms with van der Waals surface area (Å²) < 4.78 is 35.1. The van der Waals surface area contributed by atoms with Crippen LogP contribution in [0.4, 0.5) is 8.78 Å². The molecule has 0 fully saturated rings. The average Bonchev–Trinajstić information content (AvgIpc) is 2.63. The monoisotopic (exact) mass is 493 g/mol. The molecule has 28 heavy (non-hydrogen) atoms. The summed E-state index contributed by atoms with van der Waals surface area (Å²) in [5.41, 5.74) is 3.02. The summed E-state index contributed by atoms with van der Waals surface area (Å²) >= 11 is -0.276. The Balaban J connectivity index is 1.67. The van der Waals surface area contributed by atoms with Crippen LogP contribution in [0.5, 0.6) is 5.75 Å². The summed E-state index contributed by atoms with van der Waals surface area (Å²) in [6.45, 7) is 8.81. The van der Waals surface area contributed by atoms with Gasteiger partial charge in [0.05, 0.1) is 0 Å². The fourth-order valence-corrected chi connectivity index (χ4v) is 5.07. The molecule has 146 valence electrons. The molecule has 1 nitrogen and oxygen atoms in total. The molecule has 0 aromatic heterocycles. The van der Waals surface area contributed by atoms with Crippen LogP contribution in [0.1, 0.15) is 37.5 Å². The SMILES string of the molecule is Cc1cc(OCc2ccc(F)cc2F)ccc1[I+]c1ccc(C(C)(C)C)cc1. The van der Waals surface area contributed by atoms with E-state index in [-0.39, 0.29) is 33.2 Å². The highest BCUT2D eigenvalue weighted by atomic mass is 127. The quantitative estimate of drug-likeness (QED) is 0.496. The van der Waals surface area contributed by atoms with Crippen LogP contribution >= 0.6 is 0 Å². The molecule has 0 atom stereocenters. The lowest BCUT2D eigenvalue weighted by Crippen LogP contribution is -3.61. The summed E-state index contributed by atoms with van der Waals surface area (Å²) in [6.07, 6.45) is 0. The summed E-state index contributed by atoms with van der Waals surface area (Å²) in [4.78, 5) is 0. The zero-order chi connectivity index (χ0) is 20.3. The first-order chi connectivity index (χ1) is 13.2. The van der Waals surface area contributed by atoms with E-state index in [1.54, 1.807) is 0 Å². The van der Waals surface area contributed by atoms with E-state index in [0.717, 1.165) is 6.07 Å². The van der Waals surface area contributed by atoms with Gasteiger partial charge in [-0.1, -0.05) is 32.9 Å². The van der Waals surface area contributed by atoms with Crippen LogP contribution in [0, 0.1) is 25.7 Å². The van der Waals surface area contributed by atoms with E-state index >= 15 is 0 Å². The Labute approximate surface area is 176 Å². The molecular formula is C24H24F2IO+. The van der Waals surface area contributed by atoms with Crippen LogP contribution in [0.3, 0.4) is 0 Å². The molecule has 4 heteroatoms. The molecule has 0 saturated carbocycles. The topological polar surface area (TPSA) is 9.23 Å². The molecule has 0 spiro atoms. The van der Waals surface area contributed by atoms with Gasteiger partial charge in [0.25, 0.3) is 0 Å². The number of halogens is 3. The van der Waals surface area contributed by atoms with Crippen LogP contribution in [0.25, 0.3) is 0 Å². The smallest absolute Gasteiger partial charge is 0.358 e. The second-order valence-corrected chi connectivity index (χ2v) is 10.7. The van der Waals surface area contributed by atoms with Crippen molar-refractivity contribution in [2.24, 2.45) is 0 Å². The van der Waals surface area contributed by atoms with Gasteiger partial charge in [-0.15, -0.1) is 0 Å². The average molecular weight is 493 g/mol. The maximum absolute atomic E-state index is 13.7. The summed E-state index contributed by atoms with van der Waals surface area (Å²) in [5, 5.41) is 0. The van der Waals surface area contributed by atoms with Gasteiger partial charge in [0.1, 0.15) is 24.0 Å². The number of benzene rings is 3. The van der Waals surface area contributed by atoms with E-state index in [1.165, 1.54) is 30.4 Å². The zero-order valence-electron chi connectivity index (χ0n) is 16.5. The highest BCUT2D eigenvalue weighted by Crippen LogP contribution is 2.21. The number of ether oxygens (including phenoxy) is 1. The number of hydrogen-bond donors (Lipinski definition) is 0. The Morgan fingerprint density at radius 2 is 1.61 bits per heavy atom. The van der Waals surface area contributed by atoms with Crippen LogP contribution in [-0.2, 0) is 12.0 Å². The first kappa shape index (κ1) is 20.8. The minimum Gasteiger partial charge on any atom is -0.489 e. The molecule has 0 heterocycles. The van der Waals surface area contributed by atoms with Crippen molar-refractivity contribution in [2.45, 2.75) is 39.7 Å². The Hall–Kier alpha value is -1.95. The number of hydrogen-bond acceptors (Lipinski definition) is 1. The number of rotatable bonds is 5. The van der Waals surface area contributed by atoms with Gasteiger partial charge in [-0.25, -0.2) is 8.78 Å². The first-order valence-corrected chi connectivity index (χ1v) is 11.3. The highest BCUT2D eigenvalue weighted by Gasteiger charge is 2.20. The maximum Gasteiger partial charge on any atom is 0.358 e. The molecule has 3 rings (SSSR count). The molecule has 3 aromatic rings. The van der Waals surface area contributed by atoms with E-state index in [0.29, 0.717) is 11.3 Å². The summed E-state index contributed by atoms with van der Waals surface area (Å²) in [7, 11) is 0. The molecule has 0 radical (unpaired) electrons. The minimum atomic E-state index is -0.585. The lowest BCUT2D eigenvalue weighted by molar-refractivity contribution is -0.598. The third-order valence-electron chi connectivity index (χ3n) is 4.46. The zero-order valence-corrected chi connectivity index (χ0v) is 18.7. The fraction of sp³-hybridized carbons (Fsp3) is 0.250.